The number of aryl methyl sites for hydroxylation is 2. The summed E-state index contributed by atoms with van der Waals surface area (Å²) < 4.78 is 14.7. The molecule has 0 atom stereocenters. The molecule has 0 spiro atoms. The molecular formula is C10H16FNO. The molecular weight excluding hydrogens is 169 g/mol. The molecule has 74 valence electrons. The van der Waals surface area contributed by atoms with Crippen LogP contribution < -0.4 is 4.74 Å². The van der Waals surface area contributed by atoms with Gasteiger partial charge in [0.1, 0.15) is 0 Å². The Hall–Kier alpha value is -1.12. The fourth-order valence-corrected chi connectivity index (χ4v) is 0.825. The Morgan fingerprint density at radius 3 is 2.38 bits per heavy atom. The molecule has 1 rings (SSSR count). The second-order valence-electron chi connectivity index (χ2n) is 2.54. The molecule has 0 fully saturated rings. The van der Waals surface area contributed by atoms with Gasteiger partial charge in [0.05, 0.1) is 13.8 Å². The van der Waals surface area contributed by atoms with Gasteiger partial charge in [-0.3, -0.25) is 4.39 Å². The Morgan fingerprint density at radius 2 is 1.92 bits per heavy atom. The first-order chi connectivity index (χ1) is 6.24. The molecule has 3 heteroatoms. The third-order valence-corrected chi connectivity index (χ3v) is 1.64. The third kappa shape index (κ3) is 3.87. The van der Waals surface area contributed by atoms with Gasteiger partial charge in [-0.25, -0.2) is 4.98 Å². The molecule has 0 saturated carbocycles. The summed E-state index contributed by atoms with van der Waals surface area (Å²) >= 11 is 0. The van der Waals surface area contributed by atoms with Gasteiger partial charge >= 0.3 is 0 Å². The van der Waals surface area contributed by atoms with Crippen molar-refractivity contribution in [2.24, 2.45) is 0 Å². The van der Waals surface area contributed by atoms with E-state index in [1.165, 1.54) is 11.1 Å². The van der Waals surface area contributed by atoms with Crippen molar-refractivity contribution in [3.05, 3.63) is 23.4 Å². The van der Waals surface area contributed by atoms with Crippen LogP contribution in [-0.4, -0.2) is 18.8 Å². The topological polar surface area (TPSA) is 22.1 Å². The number of ether oxygens (including phenoxy) is 1. The molecule has 1 aromatic rings. The zero-order chi connectivity index (χ0) is 10.3. The Bertz CT molecular complexity index is 251. The quantitative estimate of drug-likeness (QED) is 0.706. The average molecular weight is 185 g/mol. The SMILES string of the molecule is CCOc1cc(C)c(C)cn1.CF. The van der Waals surface area contributed by atoms with Crippen molar-refractivity contribution in [3.63, 3.8) is 0 Å². The van der Waals surface area contributed by atoms with E-state index in [1.807, 2.05) is 26.1 Å². The molecule has 1 aromatic heterocycles. The predicted octanol–water partition coefficient (Wildman–Crippen LogP) is 2.68. The van der Waals surface area contributed by atoms with E-state index in [-0.39, 0.29) is 0 Å². The van der Waals surface area contributed by atoms with Gasteiger partial charge in [0, 0.05) is 12.3 Å². The lowest BCUT2D eigenvalue weighted by Crippen LogP contribution is -1.95. The number of alkyl halides is 1. The van der Waals surface area contributed by atoms with Crippen LogP contribution in [-0.2, 0) is 0 Å². The normalized spacial score (nSPS) is 8.69. The summed E-state index contributed by atoms with van der Waals surface area (Å²) in [6.45, 7) is 6.73. The standard InChI is InChI=1S/C9H13NO.CH3F/c1-4-11-9-5-7(2)8(3)6-10-9;1-2/h5-6H,4H2,1-3H3;1H3. The zero-order valence-electron chi connectivity index (χ0n) is 8.60. The molecule has 1 heterocycles. The molecule has 0 unspecified atom stereocenters. The summed E-state index contributed by atoms with van der Waals surface area (Å²) in [5.74, 6) is 0.718. The first-order valence-corrected chi connectivity index (χ1v) is 4.18. The Kier molecular flexibility index (Phi) is 5.85. The van der Waals surface area contributed by atoms with Crippen LogP contribution in [0.2, 0.25) is 0 Å². The molecule has 0 aromatic carbocycles. The molecule has 0 saturated heterocycles. The number of nitrogens with zero attached hydrogens (tertiary/aromatic N) is 1. The molecule has 13 heavy (non-hydrogen) atoms. The first kappa shape index (κ1) is 11.9. The highest BCUT2D eigenvalue weighted by Crippen LogP contribution is 2.11. The number of pyridine rings is 1. The van der Waals surface area contributed by atoms with Crippen LogP contribution in [0.4, 0.5) is 4.39 Å². The third-order valence-electron chi connectivity index (χ3n) is 1.64. The summed E-state index contributed by atoms with van der Waals surface area (Å²) in [7, 11) is 0.500. The summed E-state index contributed by atoms with van der Waals surface area (Å²) in [4.78, 5) is 4.11. The number of hydrogen-bond donors (Lipinski definition) is 0. The Balaban J connectivity index is 0.000000671. The van der Waals surface area contributed by atoms with Gasteiger partial charge in [-0.15, -0.1) is 0 Å². The zero-order valence-corrected chi connectivity index (χ0v) is 8.60. The van der Waals surface area contributed by atoms with Crippen molar-refractivity contribution in [3.8, 4) is 5.88 Å². The van der Waals surface area contributed by atoms with Crippen LogP contribution in [0.25, 0.3) is 0 Å². The molecule has 0 N–H and O–H groups in total. The van der Waals surface area contributed by atoms with Crippen molar-refractivity contribution in [1.82, 2.24) is 4.98 Å². The second kappa shape index (κ2) is 6.40. The number of rotatable bonds is 2. The van der Waals surface area contributed by atoms with Crippen molar-refractivity contribution in [2.75, 3.05) is 13.8 Å². The van der Waals surface area contributed by atoms with E-state index in [1.54, 1.807) is 0 Å². The van der Waals surface area contributed by atoms with Crippen LogP contribution in [0.15, 0.2) is 12.3 Å². The lowest BCUT2D eigenvalue weighted by molar-refractivity contribution is 0.326. The van der Waals surface area contributed by atoms with E-state index in [2.05, 4.69) is 11.9 Å². The molecule has 0 radical (unpaired) electrons. The van der Waals surface area contributed by atoms with E-state index in [4.69, 9.17) is 4.74 Å². The number of halogens is 1. The first-order valence-electron chi connectivity index (χ1n) is 4.18. The van der Waals surface area contributed by atoms with Crippen molar-refractivity contribution < 1.29 is 9.13 Å². The molecule has 0 aliphatic carbocycles. The largest absolute Gasteiger partial charge is 0.478 e. The van der Waals surface area contributed by atoms with Gasteiger partial charge < -0.3 is 4.74 Å². The molecule has 0 amide bonds. The Labute approximate surface area is 78.8 Å². The van der Waals surface area contributed by atoms with Crippen LogP contribution in [0, 0.1) is 13.8 Å². The van der Waals surface area contributed by atoms with Gasteiger partial charge in [-0.2, -0.15) is 0 Å². The van der Waals surface area contributed by atoms with Crippen molar-refractivity contribution in [2.45, 2.75) is 20.8 Å². The number of aromatic nitrogens is 1. The van der Waals surface area contributed by atoms with Crippen LogP contribution in [0.3, 0.4) is 0 Å². The van der Waals surface area contributed by atoms with Crippen LogP contribution >= 0.6 is 0 Å². The summed E-state index contributed by atoms with van der Waals surface area (Å²) in [5, 5.41) is 0. The monoisotopic (exact) mass is 185 g/mol. The minimum Gasteiger partial charge on any atom is -0.478 e. The van der Waals surface area contributed by atoms with Gasteiger partial charge in [0.25, 0.3) is 0 Å². The average Bonchev–Trinajstić information content (AvgIpc) is 2.15. The minimum atomic E-state index is 0.500. The van der Waals surface area contributed by atoms with E-state index >= 15 is 0 Å². The highest BCUT2D eigenvalue weighted by atomic mass is 19.1. The maximum absolute atomic E-state index is 9.50. The van der Waals surface area contributed by atoms with E-state index in [0.717, 1.165) is 5.88 Å². The second-order valence-corrected chi connectivity index (χ2v) is 2.54. The molecule has 0 aliphatic rings. The van der Waals surface area contributed by atoms with Crippen molar-refractivity contribution in [1.29, 1.82) is 0 Å². The summed E-state index contributed by atoms with van der Waals surface area (Å²) in [6.07, 6.45) is 1.83. The fourth-order valence-electron chi connectivity index (χ4n) is 0.825. The van der Waals surface area contributed by atoms with Crippen LogP contribution in [0.5, 0.6) is 5.88 Å². The van der Waals surface area contributed by atoms with E-state index in [9.17, 15) is 4.39 Å². The highest BCUT2D eigenvalue weighted by molar-refractivity contribution is 5.26. The molecule has 2 nitrogen and oxygen atoms in total. The summed E-state index contributed by atoms with van der Waals surface area (Å²) in [6, 6.07) is 1.96. The number of hydrogen-bond acceptors (Lipinski definition) is 2. The predicted molar refractivity (Wildman–Crippen MR) is 51.9 cm³/mol. The fraction of sp³-hybridized carbons (Fsp3) is 0.500. The maximum Gasteiger partial charge on any atom is 0.213 e. The van der Waals surface area contributed by atoms with Crippen LogP contribution in [0.1, 0.15) is 18.1 Å². The van der Waals surface area contributed by atoms with Gasteiger partial charge in [0.15, 0.2) is 0 Å². The van der Waals surface area contributed by atoms with Gasteiger partial charge in [-0.05, 0) is 31.9 Å². The van der Waals surface area contributed by atoms with Gasteiger partial charge in [-0.1, -0.05) is 0 Å². The molecule has 0 aliphatic heterocycles. The Morgan fingerprint density at radius 1 is 1.31 bits per heavy atom. The van der Waals surface area contributed by atoms with E-state index in [0.29, 0.717) is 13.8 Å². The lowest BCUT2D eigenvalue weighted by Gasteiger charge is -2.03. The minimum absolute atomic E-state index is 0.500. The van der Waals surface area contributed by atoms with E-state index < -0.39 is 0 Å². The molecule has 0 bridgehead atoms. The maximum atomic E-state index is 9.50. The van der Waals surface area contributed by atoms with Crippen molar-refractivity contribution >= 4 is 0 Å². The van der Waals surface area contributed by atoms with Gasteiger partial charge in [0.2, 0.25) is 5.88 Å². The smallest absolute Gasteiger partial charge is 0.213 e. The lowest BCUT2D eigenvalue weighted by atomic mass is 10.2. The summed E-state index contributed by atoms with van der Waals surface area (Å²) in [5.41, 5.74) is 2.43. The highest BCUT2D eigenvalue weighted by Gasteiger charge is 1.96.